The fourth-order valence-electron chi connectivity index (χ4n) is 0.570. The predicted molar refractivity (Wildman–Crippen MR) is 47.8 cm³/mol. The molecule has 5 heteroatoms. The first-order valence-corrected chi connectivity index (χ1v) is 3.41. The first-order chi connectivity index (χ1) is 5.29. The molecule has 0 atom stereocenters. The van der Waals surface area contributed by atoms with E-state index in [1.54, 1.807) is 12.4 Å². The van der Waals surface area contributed by atoms with Gasteiger partial charge in [-0.1, -0.05) is 0 Å². The number of nitrogens with one attached hydrogen (secondary N) is 2. The minimum absolute atomic E-state index is 0.203. The Bertz CT molecular complexity index is 236. The molecule has 58 valence electrons. The largest absolute Gasteiger partial charge is 0.375 e. The van der Waals surface area contributed by atoms with Crippen molar-refractivity contribution >= 4 is 23.0 Å². The summed E-state index contributed by atoms with van der Waals surface area (Å²) >= 11 is 4.58. The summed E-state index contributed by atoms with van der Waals surface area (Å²) in [6, 6.07) is 3.65. The fourth-order valence-corrected chi connectivity index (χ4v) is 0.622. The SMILES string of the molecule is NC(=S)NNc1cccnc1. The minimum atomic E-state index is 0.203. The lowest BCUT2D eigenvalue weighted by Gasteiger charge is -2.05. The summed E-state index contributed by atoms with van der Waals surface area (Å²) < 4.78 is 0. The van der Waals surface area contributed by atoms with Crippen LogP contribution in [0, 0.1) is 0 Å². The van der Waals surface area contributed by atoms with E-state index in [0.717, 1.165) is 5.69 Å². The number of thiocarbonyl (C=S) groups is 1. The Morgan fingerprint density at radius 1 is 1.64 bits per heavy atom. The van der Waals surface area contributed by atoms with Crippen LogP contribution >= 0.6 is 12.2 Å². The van der Waals surface area contributed by atoms with E-state index in [2.05, 4.69) is 28.1 Å². The molecule has 0 unspecified atom stereocenters. The fraction of sp³-hybridized carbons (Fsp3) is 0. The van der Waals surface area contributed by atoms with Crippen LogP contribution in [-0.2, 0) is 0 Å². The molecule has 1 rings (SSSR count). The summed E-state index contributed by atoms with van der Waals surface area (Å²) in [5.41, 5.74) is 11.3. The average molecular weight is 168 g/mol. The van der Waals surface area contributed by atoms with Crippen LogP contribution in [0.2, 0.25) is 0 Å². The third kappa shape index (κ3) is 2.81. The van der Waals surface area contributed by atoms with E-state index in [1.165, 1.54) is 0 Å². The molecule has 0 aliphatic rings. The second-order valence-corrected chi connectivity index (χ2v) is 2.30. The van der Waals surface area contributed by atoms with Gasteiger partial charge in [0.05, 0.1) is 11.9 Å². The predicted octanol–water partition coefficient (Wildman–Crippen LogP) is 0.242. The number of aromatic nitrogens is 1. The summed E-state index contributed by atoms with van der Waals surface area (Å²) in [6.07, 6.45) is 3.34. The molecule has 1 heterocycles. The van der Waals surface area contributed by atoms with Gasteiger partial charge in [-0.25, -0.2) is 0 Å². The number of rotatable bonds is 2. The van der Waals surface area contributed by atoms with E-state index >= 15 is 0 Å². The number of hydrazine groups is 1. The molecule has 0 aliphatic heterocycles. The van der Waals surface area contributed by atoms with Gasteiger partial charge in [0, 0.05) is 6.20 Å². The molecular formula is C6H8N4S. The Kier molecular flexibility index (Phi) is 2.62. The highest BCUT2D eigenvalue weighted by Gasteiger charge is 1.87. The lowest BCUT2D eigenvalue weighted by Crippen LogP contribution is -2.33. The maximum Gasteiger partial charge on any atom is 0.182 e. The van der Waals surface area contributed by atoms with Crippen molar-refractivity contribution in [3.8, 4) is 0 Å². The highest BCUT2D eigenvalue weighted by Crippen LogP contribution is 1.98. The van der Waals surface area contributed by atoms with Crippen molar-refractivity contribution in [2.45, 2.75) is 0 Å². The van der Waals surface area contributed by atoms with Crippen LogP contribution in [0.3, 0.4) is 0 Å². The van der Waals surface area contributed by atoms with E-state index in [0.29, 0.717) is 0 Å². The van der Waals surface area contributed by atoms with Gasteiger partial charge in [-0.2, -0.15) is 0 Å². The maximum absolute atomic E-state index is 5.18. The van der Waals surface area contributed by atoms with Crippen molar-refractivity contribution in [3.05, 3.63) is 24.5 Å². The molecule has 0 saturated heterocycles. The van der Waals surface area contributed by atoms with Crippen molar-refractivity contribution in [3.63, 3.8) is 0 Å². The number of pyridine rings is 1. The Balaban J connectivity index is 2.45. The molecule has 0 spiro atoms. The van der Waals surface area contributed by atoms with Gasteiger partial charge in [0.1, 0.15) is 0 Å². The van der Waals surface area contributed by atoms with Crippen LogP contribution < -0.4 is 16.6 Å². The molecule has 4 nitrogen and oxygen atoms in total. The van der Waals surface area contributed by atoms with Gasteiger partial charge in [-0.05, 0) is 24.4 Å². The smallest absolute Gasteiger partial charge is 0.182 e. The van der Waals surface area contributed by atoms with Crippen LogP contribution in [0.5, 0.6) is 0 Å². The van der Waals surface area contributed by atoms with E-state index in [4.69, 9.17) is 5.73 Å². The molecule has 0 fully saturated rings. The molecule has 0 saturated carbocycles. The molecule has 0 bridgehead atoms. The maximum atomic E-state index is 5.18. The summed E-state index contributed by atoms with van der Waals surface area (Å²) in [6.45, 7) is 0. The van der Waals surface area contributed by atoms with Gasteiger partial charge in [0.25, 0.3) is 0 Å². The lowest BCUT2D eigenvalue weighted by molar-refractivity contribution is 1.11. The van der Waals surface area contributed by atoms with E-state index in [9.17, 15) is 0 Å². The monoisotopic (exact) mass is 168 g/mol. The van der Waals surface area contributed by atoms with Gasteiger partial charge in [-0.15, -0.1) is 0 Å². The van der Waals surface area contributed by atoms with Crippen molar-refractivity contribution < 1.29 is 0 Å². The number of hydrogen-bond acceptors (Lipinski definition) is 3. The lowest BCUT2D eigenvalue weighted by atomic mass is 10.4. The Labute approximate surface area is 69.8 Å². The van der Waals surface area contributed by atoms with Crippen molar-refractivity contribution in [1.82, 2.24) is 10.4 Å². The highest BCUT2D eigenvalue weighted by molar-refractivity contribution is 7.80. The van der Waals surface area contributed by atoms with Crippen LogP contribution in [0.4, 0.5) is 5.69 Å². The van der Waals surface area contributed by atoms with Crippen molar-refractivity contribution in [1.29, 1.82) is 0 Å². The zero-order valence-electron chi connectivity index (χ0n) is 5.74. The molecule has 1 aromatic heterocycles. The van der Waals surface area contributed by atoms with Crippen LogP contribution in [-0.4, -0.2) is 10.1 Å². The summed E-state index contributed by atoms with van der Waals surface area (Å²) in [5.74, 6) is 0. The van der Waals surface area contributed by atoms with Crippen molar-refractivity contribution in [2.24, 2.45) is 5.73 Å². The van der Waals surface area contributed by atoms with Gasteiger partial charge in [0.15, 0.2) is 5.11 Å². The van der Waals surface area contributed by atoms with Gasteiger partial charge in [-0.3, -0.25) is 15.8 Å². The molecule has 0 radical (unpaired) electrons. The number of nitrogens with zero attached hydrogens (tertiary/aromatic N) is 1. The third-order valence-electron chi connectivity index (χ3n) is 0.992. The Hall–Kier alpha value is -1.36. The second-order valence-electron chi connectivity index (χ2n) is 1.86. The first-order valence-electron chi connectivity index (χ1n) is 3.00. The summed E-state index contributed by atoms with van der Waals surface area (Å²) in [4.78, 5) is 3.88. The molecule has 0 aliphatic carbocycles. The van der Waals surface area contributed by atoms with Crippen LogP contribution in [0.1, 0.15) is 0 Å². The third-order valence-corrected chi connectivity index (χ3v) is 1.09. The highest BCUT2D eigenvalue weighted by atomic mass is 32.1. The number of anilines is 1. The first kappa shape index (κ1) is 7.74. The zero-order valence-corrected chi connectivity index (χ0v) is 6.56. The minimum Gasteiger partial charge on any atom is -0.375 e. The van der Waals surface area contributed by atoms with Crippen LogP contribution in [0.25, 0.3) is 0 Å². The van der Waals surface area contributed by atoms with E-state index < -0.39 is 0 Å². The normalized spacial score (nSPS) is 8.73. The second kappa shape index (κ2) is 3.72. The van der Waals surface area contributed by atoms with E-state index in [1.807, 2.05) is 12.1 Å². The Morgan fingerprint density at radius 2 is 2.45 bits per heavy atom. The molecule has 1 aromatic rings. The van der Waals surface area contributed by atoms with Crippen molar-refractivity contribution in [2.75, 3.05) is 5.43 Å². The number of nitrogens with two attached hydrogens (primary N) is 1. The van der Waals surface area contributed by atoms with Crippen LogP contribution in [0.15, 0.2) is 24.5 Å². The summed E-state index contributed by atoms with van der Waals surface area (Å²) in [7, 11) is 0. The Morgan fingerprint density at radius 3 is 3.00 bits per heavy atom. The zero-order chi connectivity index (χ0) is 8.10. The van der Waals surface area contributed by atoms with Gasteiger partial charge in [0.2, 0.25) is 0 Å². The van der Waals surface area contributed by atoms with E-state index in [-0.39, 0.29) is 5.11 Å². The molecule has 11 heavy (non-hydrogen) atoms. The molecular weight excluding hydrogens is 160 g/mol. The average Bonchev–Trinajstić information content (AvgIpc) is 2.03. The summed E-state index contributed by atoms with van der Waals surface area (Å²) in [5, 5.41) is 0.203. The van der Waals surface area contributed by atoms with Gasteiger partial charge >= 0.3 is 0 Å². The molecule has 0 aromatic carbocycles. The molecule has 4 N–H and O–H groups in total. The molecule has 0 amide bonds. The van der Waals surface area contributed by atoms with Gasteiger partial charge < -0.3 is 5.73 Å². The number of hydrogen-bond donors (Lipinski definition) is 3. The standard InChI is InChI=1S/C6H8N4S/c7-6(11)10-9-5-2-1-3-8-4-5/h1-4,9H,(H3,7,10,11). The topological polar surface area (TPSA) is 63.0 Å². The quantitative estimate of drug-likeness (QED) is 0.436.